The lowest BCUT2D eigenvalue weighted by atomic mass is 10.2. The quantitative estimate of drug-likeness (QED) is 0.480. The van der Waals surface area contributed by atoms with Crippen molar-refractivity contribution in [2.45, 2.75) is 11.6 Å². The molecule has 0 unspecified atom stereocenters. The highest BCUT2D eigenvalue weighted by atomic mass is 32.2. The van der Waals surface area contributed by atoms with Crippen LogP contribution in [0.2, 0.25) is 0 Å². The number of aromatic nitrogens is 3. The number of nitrogens with zero attached hydrogens (tertiary/aromatic N) is 3. The van der Waals surface area contributed by atoms with Crippen molar-refractivity contribution in [2.24, 2.45) is 0 Å². The first-order chi connectivity index (χ1) is 15.0. The molecule has 2 aromatic heterocycles. The summed E-state index contributed by atoms with van der Waals surface area (Å²) in [5.41, 5.74) is 5.63. The van der Waals surface area contributed by atoms with Crippen LogP contribution >= 0.6 is 11.8 Å². The molecular formula is C21H23N5O4S. The highest BCUT2D eigenvalue weighted by Crippen LogP contribution is 2.21. The number of nitrogens with two attached hydrogens (primary N) is 1. The van der Waals surface area contributed by atoms with Gasteiger partial charge in [-0.05, 0) is 17.7 Å². The summed E-state index contributed by atoms with van der Waals surface area (Å²) in [4.78, 5) is 45.8. The summed E-state index contributed by atoms with van der Waals surface area (Å²) in [5, 5.41) is 0.679. The van der Waals surface area contributed by atoms with Crippen molar-refractivity contribution in [1.29, 1.82) is 0 Å². The van der Waals surface area contributed by atoms with Crippen LogP contribution in [0.1, 0.15) is 5.56 Å². The van der Waals surface area contributed by atoms with Crippen LogP contribution < -0.4 is 21.9 Å². The van der Waals surface area contributed by atoms with Crippen LogP contribution in [0.25, 0.3) is 0 Å². The van der Waals surface area contributed by atoms with E-state index in [0.717, 1.165) is 5.56 Å². The number of benzene rings is 1. The van der Waals surface area contributed by atoms with Crippen LogP contribution in [-0.2, 0) is 16.1 Å². The van der Waals surface area contributed by atoms with Crippen LogP contribution in [0.15, 0.2) is 69.3 Å². The van der Waals surface area contributed by atoms with Crippen molar-refractivity contribution in [2.75, 3.05) is 36.6 Å². The molecule has 0 spiro atoms. The maximum atomic E-state index is 13.0. The standard InChI is InChI=1S/C21H23N5O4S/c1-30-12-11-25(17(27)14-31-16-9-5-6-10-23-16)18-19(22)26(21(29)24-20(18)28)13-15-7-3-2-4-8-15/h2-10H,11-14,22H2,1H3,(H,24,28,29). The number of thioether (sulfide) groups is 1. The molecule has 0 saturated heterocycles. The smallest absolute Gasteiger partial charge is 0.330 e. The number of nitrogen functional groups attached to an aromatic ring is 1. The molecule has 3 rings (SSSR count). The van der Waals surface area contributed by atoms with E-state index in [4.69, 9.17) is 10.5 Å². The Hall–Kier alpha value is -3.37. The highest BCUT2D eigenvalue weighted by Gasteiger charge is 2.24. The SMILES string of the molecule is COCCN(C(=O)CSc1ccccn1)c1c(N)n(Cc2ccccc2)c(=O)[nH]c1=O. The molecule has 0 aliphatic rings. The van der Waals surface area contributed by atoms with Gasteiger partial charge in [-0.2, -0.15) is 0 Å². The van der Waals surface area contributed by atoms with Gasteiger partial charge < -0.3 is 15.4 Å². The monoisotopic (exact) mass is 441 g/mol. The van der Waals surface area contributed by atoms with Gasteiger partial charge in [0, 0.05) is 19.9 Å². The molecule has 9 nitrogen and oxygen atoms in total. The van der Waals surface area contributed by atoms with Crippen LogP contribution in [0.5, 0.6) is 0 Å². The molecule has 10 heteroatoms. The summed E-state index contributed by atoms with van der Waals surface area (Å²) < 4.78 is 6.34. The van der Waals surface area contributed by atoms with Gasteiger partial charge in [0.15, 0.2) is 5.69 Å². The number of carbonyl (C=O) groups excluding carboxylic acids is 1. The lowest BCUT2D eigenvalue weighted by molar-refractivity contribution is -0.116. The van der Waals surface area contributed by atoms with Crippen LogP contribution in [0, 0.1) is 0 Å². The molecule has 162 valence electrons. The van der Waals surface area contributed by atoms with Crippen molar-refractivity contribution < 1.29 is 9.53 Å². The Labute approximate surface area is 182 Å². The second-order valence-electron chi connectivity index (χ2n) is 6.56. The number of aromatic amines is 1. The summed E-state index contributed by atoms with van der Waals surface area (Å²) >= 11 is 1.24. The number of methoxy groups -OCH3 is 1. The van der Waals surface area contributed by atoms with Gasteiger partial charge in [-0.1, -0.05) is 48.2 Å². The molecule has 0 radical (unpaired) electrons. The molecule has 1 amide bonds. The topological polar surface area (TPSA) is 123 Å². The van der Waals surface area contributed by atoms with E-state index in [9.17, 15) is 14.4 Å². The Morgan fingerprint density at radius 1 is 1.19 bits per heavy atom. The van der Waals surface area contributed by atoms with Gasteiger partial charge in [-0.25, -0.2) is 9.78 Å². The molecule has 0 saturated carbocycles. The van der Waals surface area contributed by atoms with Crippen molar-refractivity contribution >= 4 is 29.2 Å². The summed E-state index contributed by atoms with van der Waals surface area (Å²) in [5.74, 6) is -0.392. The van der Waals surface area contributed by atoms with Crippen molar-refractivity contribution in [3.8, 4) is 0 Å². The number of carbonyl (C=O) groups is 1. The molecule has 0 bridgehead atoms. The summed E-state index contributed by atoms with van der Waals surface area (Å²) in [7, 11) is 1.50. The lowest BCUT2D eigenvalue weighted by Crippen LogP contribution is -2.43. The first kappa shape index (κ1) is 22.3. The average molecular weight is 442 g/mol. The minimum absolute atomic E-state index is 0.0391. The summed E-state index contributed by atoms with van der Waals surface area (Å²) in [6, 6.07) is 14.6. The minimum atomic E-state index is -0.723. The van der Waals surface area contributed by atoms with Gasteiger partial charge >= 0.3 is 5.69 Å². The number of amides is 1. The second-order valence-corrected chi connectivity index (χ2v) is 7.56. The van der Waals surface area contributed by atoms with Crippen molar-refractivity contribution in [1.82, 2.24) is 14.5 Å². The van der Waals surface area contributed by atoms with E-state index in [-0.39, 0.29) is 42.9 Å². The van der Waals surface area contributed by atoms with E-state index < -0.39 is 11.2 Å². The predicted molar refractivity (Wildman–Crippen MR) is 120 cm³/mol. The fourth-order valence-electron chi connectivity index (χ4n) is 2.95. The third-order valence-electron chi connectivity index (χ3n) is 4.47. The third kappa shape index (κ3) is 5.62. The van der Waals surface area contributed by atoms with E-state index in [1.807, 2.05) is 36.4 Å². The number of hydrogen-bond acceptors (Lipinski definition) is 7. The molecule has 0 aliphatic carbocycles. The summed E-state index contributed by atoms with van der Waals surface area (Å²) in [6.07, 6.45) is 1.64. The van der Waals surface area contributed by atoms with E-state index >= 15 is 0 Å². The van der Waals surface area contributed by atoms with Crippen molar-refractivity contribution in [3.63, 3.8) is 0 Å². The highest BCUT2D eigenvalue weighted by molar-refractivity contribution is 7.99. The maximum absolute atomic E-state index is 13.0. The fourth-order valence-corrected chi connectivity index (χ4v) is 3.69. The molecule has 0 fully saturated rings. The minimum Gasteiger partial charge on any atom is -0.383 e. The maximum Gasteiger partial charge on any atom is 0.330 e. The molecule has 0 atom stereocenters. The number of ether oxygens (including phenoxy) is 1. The predicted octanol–water partition coefficient (Wildman–Crippen LogP) is 1.33. The molecule has 2 heterocycles. The molecule has 1 aromatic carbocycles. The van der Waals surface area contributed by atoms with Gasteiger partial charge in [0.1, 0.15) is 5.82 Å². The largest absolute Gasteiger partial charge is 0.383 e. The van der Waals surface area contributed by atoms with E-state index in [0.29, 0.717) is 5.03 Å². The molecular weight excluding hydrogens is 418 g/mol. The van der Waals surface area contributed by atoms with Gasteiger partial charge in [0.25, 0.3) is 5.56 Å². The lowest BCUT2D eigenvalue weighted by Gasteiger charge is -2.24. The van der Waals surface area contributed by atoms with E-state index in [1.165, 1.54) is 28.3 Å². The number of hydrogen-bond donors (Lipinski definition) is 2. The van der Waals surface area contributed by atoms with E-state index in [2.05, 4.69) is 9.97 Å². The van der Waals surface area contributed by atoms with E-state index in [1.54, 1.807) is 18.3 Å². The van der Waals surface area contributed by atoms with Crippen LogP contribution in [-0.4, -0.2) is 46.5 Å². The van der Waals surface area contributed by atoms with Gasteiger partial charge in [-0.3, -0.25) is 19.1 Å². The average Bonchev–Trinajstić information content (AvgIpc) is 2.78. The Kier molecular flexibility index (Phi) is 7.63. The zero-order valence-electron chi connectivity index (χ0n) is 17.0. The Balaban J connectivity index is 1.94. The van der Waals surface area contributed by atoms with Gasteiger partial charge in [-0.15, -0.1) is 0 Å². The summed E-state index contributed by atoms with van der Waals surface area (Å²) in [6.45, 7) is 0.454. The molecule has 3 N–H and O–H groups in total. The van der Waals surface area contributed by atoms with Gasteiger partial charge in [0.2, 0.25) is 5.91 Å². The Bertz CT molecular complexity index is 1130. The zero-order chi connectivity index (χ0) is 22.2. The second kappa shape index (κ2) is 10.6. The van der Waals surface area contributed by atoms with Crippen LogP contribution in [0.3, 0.4) is 0 Å². The normalized spacial score (nSPS) is 10.7. The number of anilines is 2. The zero-order valence-corrected chi connectivity index (χ0v) is 17.8. The third-order valence-corrected chi connectivity index (χ3v) is 5.40. The number of rotatable bonds is 9. The number of H-pyrrole nitrogens is 1. The first-order valence-corrected chi connectivity index (χ1v) is 10.5. The Morgan fingerprint density at radius 3 is 2.61 bits per heavy atom. The fraction of sp³-hybridized carbons (Fsp3) is 0.238. The molecule has 0 aliphatic heterocycles. The molecule has 3 aromatic rings. The first-order valence-electron chi connectivity index (χ1n) is 9.51. The Morgan fingerprint density at radius 2 is 1.94 bits per heavy atom. The number of nitrogens with one attached hydrogen (secondary N) is 1. The van der Waals surface area contributed by atoms with Crippen molar-refractivity contribution in [3.05, 3.63) is 81.1 Å². The van der Waals surface area contributed by atoms with Gasteiger partial charge in [0.05, 0.1) is 23.9 Å². The molecule has 31 heavy (non-hydrogen) atoms. The number of pyridine rings is 1. The van der Waals surface area contributed by atoms with Crippen LogP contribution in [0.4, 0.5) is 11.5 Å².